The van der Waals surface area contributed by atoms with Crippen LogP contribution in [-0.2, 0) is 11.2 Å². The van der Waals surface area contributed by atoms with Crippen molar-refractivity contribution in [2.24, 2.45) is 11.7 Å². The van der Waals surface area contributed by atoms with Crippen LogP contribution >= 0.6 is 11.3 Å². The number of nitrogens with one attached hydrogen (secondary N) is 1. The molecule has 23 heavy (non-hydrogen) atoms. The molecule has 0 saturated carbocycles. The molecule has 0 bridgehead atoms. The number of rotatable bonds is 6. The summed E-state index contributed by atoms with van der Waals surface area (Å²) < 4.78 is 13.6. The summed E-state index contributed by atoms with van der Waals surface area (Å²) in [6.45, 7) is 5.68. The topological polar surface area (TPSA) is 68.0 Å². The molecule has 0 spiro atoms. The maximum atomic E-state index is 13.6. The van der Waals surface area contributed by atoms with Crippen molar-refractivity contribution < 1.29 is 9.18 Å². The van der Waals surface area contributed by atoms with E-state index in [0.717, 1.165) is 16.9 Å². The zero-order valence-electron chi connectivity index (χ0n) is 13.6. The standard InChI is InChI=1S/C17H22FN3OS/c1-4-10(2)15(19)16(22)21-17-20-9-13(23-17)7-12-6-5-11(3)14(18)8-12/h5-6,8-10,15H,4,7,19H2,1-3H3,(H,20,21,22). The van der Waals surface area contributed by atoms with Crippen LogP contribution in [0.5, 0.6) is 0 Å². The Hall–Kier alpha value is -1.79. The summed E-state index contributed by atoms with van der Waals surface area (Å²) >= 11 is 1.38. The van der Waals surface area contributed by atoms with E-state index in [-0.39, 0.29) is 17.6 Å². The molecule has 124 valence electrons. The van der Waals surface area contributed by atoms with Crippen LogP contribution in [0.1, 0.15) is 36.3 Å². The Labute approximate surface area is 139 Å². The number of hydrogen-bond acceptors (Lipinski definition) is 4. The fourth-order valence-electron chi connectivity index (χ4n) is 2.10. The summed E-state index contributed by atoms with van der Waals surface area (Å²) in [5.74, 6) is -0.313. The molecule has 1 amide bonds. The van der Waals surface area contributed by atoms with Gasteiger partial charge >= 0.3 is 0 Å². The van der Waals surface area contributed by atoms with Gasteiger partial charge in [-0.05, 0) is 30.0 Å². The number of nitrogens with zero attached hydrogens (tertiary/aromatic N) is 1. The fourth-order valence-corrected chi connectivity index (χ4v) is 2.95. The van der Waals surface area contributed by atoms with Gasteiger partial charge in [0, 0.05) is 17.5 Å². The lowest BCUT2D eigenvalue weighted by Crippen LogP contribution is -2.40. The first-order valence-electron chi connectivity index (χ1n) is 7.67. The Kier molecular flexibility index (Phi) is 5.85. The van der Waals surface area contributed by atoms with Crippen molar-refractivity contribution in [1.29, 1.82) is 0 Å². The number of aromatic nitrogens is 1. The second-order valence-electron chi connectivity index (χ2n) is 5.79. The number of anilines is 1. The van der Waals surface area contributed by atoms with Gasteiger partial charge in [-0.1, -0.05) is 32.4 Å². The van der Waals surface area contributed by atoms with Gasteiger partial charge in [0.25, 0.3) is 0 Å². The predicted molar refractivity (Wildman–Crippen MR) is 92.1 cm³/mol. The van der Waals surface area contributed by atoms with Crippen molar-refractivity contribution in [3.63, 3.8) is 0 Å². The van der Waals surface area contributed by atoms with E-state index < -0.39 is 6.04 Å². The molecule has 0 aliphatic rings. The van der Waals surface area contributed by atoms with Crippen molar-refractivity contribution in [2.45, 2.75) is 39.7 Å². The normalized spacial score (nSPS) is 13.6. The van der Waals surface area contributed by atoms with Crippen molar-refractivity contribution in [3.05, 3.63) is 46.2 Å². The van der Waals surface area contributed by atoms with E-state index in [0.29, 0.717) is 17.1 Å². The van der Waals surface area contributed by atoms with Crippen molar-refractivity contribution in [2.75, 3.05) is 5.32 Å². The molecule has 4 nitrogen and oxygen atoms in total. The van der Waals surface area contributed by atoms with E-state index in [1.165, 1.54) is 17.4 Å². The number of benzene rings is 1. The Bertz CT molecular complexity index is 686. The summed E-state index contributed by atoms with van der Waals surface area (Å²) in [7, 11) is 0. The van der Waals surface area contributed by atoms with Gasteiger partial charge in [0.05, 0.1) is 6.04 Å². The van der Waals surface area contributed by atoms with Gasteiger partial charge < -0.3 is 11.1 Å². The monoisotopic (exact) mass is 335 g/mol. The third-order valence-corrected chi connectivity index (χ3v) is 4.87. The highest BCUT2D eigenvalue weighted by molar-refractivity contribution is 7.15. The Balaban J connectivity index is 2.00. The van der Waals surface area contributed by atoms with E-state index in [1.807, 2.05) is 19.9 Å². The fraction of sp³-hybridized carbons (Fsp3) is 0.412. The predicted octanol–water partition coefficient (Wildman–Crippen LogP) is 3.49. The highest BCUT2D eigenvalue weighted by Crippen LogP contribution is 2.22. The van der Waals surface area contributed by atoms with Gasteiger partial charge in [-0.2, -0.15) is 0 Å². The van der Waals surface area contributed by atoms with Gasteiger partial charge in [0.15, 0.2) is 5.13 Å². The Morgan fingerprint density at radius 2 is 2.22 bits per heavy atom. The zero-order valence-corrected chi connectivity index (χ0v) is 14.4. The lowest BCUT2D eigenvalue weighted by molar-refractivity contribution is -0.118. The molecule has 0 radical (unpaired) electrons. The molecule has 0 saturated heterocycles. The third kappa shape index (κ3) is 4.59. The average molecular weight is 335 g/mol. The molecule has 3 N–H and O–H groups in total. The second kappa shape index (κ2) is 7.66. The van der Waals surface area contributed by atoms with Crippen LogP contribution in [0.25, 0.3) is 0 Å². The number of hydrogen-bond donors (Lipinski definition) is 2. The smallest absolute Gasteiger partial charge is 0.243 e. The average Bonchev–Trinajstić information content (AvgIpc) is 2.96. The molecular weight excluding hydrogens is 313 g/mol. The van der Waals surface area contributed by atoms with Gasteiger partial charge in [-0.25, -0.2) is 9.37 Å². The zero-order chi connectivity index (χ0) is 17.0. The highest BCUT2D eigenvalue weighted by atomic mass is 32.1. The van der Waals surface area contributed by atoms with Crippen LogP contribution in [0.4, 0.5) is 9.52 Å². The van der Waals surface area contributed by atoms with E-state index >= 15 is 0 Å². The number of aryl methyl sites for hydroxylation is 1. The molecule has 2 rings (SSSR count). The minimum absolute atomic E-state index is 0.116. The molecule has 0 aliphatic carbocycles. The molecule has 2 unspecified atom stereocenters. The molecule has 0 aliphatic heterocycles. The minimum atomic E-state index is -0.543. The second-order valence-corrected chi connectivity index (χ2v) is 6.91. The van der Waals surface area contributed by atoms with Crippen LogP contribution in [0.2, 0.25) is 0 Å². The minimum Gasteiger partial charge on any atom is -0.320 e. The first kappa shape index (κ1) is 17.6. The van der Waals surface area contributed by atoms with Gasteiger partial charge in [-0.15, -0.1) is 11.3 Å². The van der Waals surface area contributed by atoms with Crippen LogP contribution in [0.3, 0.4) is 0 Å². The van der Waals surface area contributed by atoms with Gasteiger partial charge in [0.2, 0.25) is 5.91 Å². The molecule has 0 fully saturated rings. The first-order chi connectivity index (χ1) is 10.9. The molecule has 2 aromatic rings. The third-order valence-electron chi connectivity index (χ3n) is 3.96. The van der Waals surface area contributed by atoms with Crippen LogP contribution < -0.4 is 11.1 Å². The van der Waals surface area contributed by atoms with Crippen LogP contribution in [0.15, 0.2) is 24.4 Å². The summed E-state index contributed by atoms with van der Waals surface area (Å²) in [6, 6.07) is 4.65. The molecule has 2 atom stereocenters. The van der Waals surface area contributed by atoms with E-state index in [4.69, 9.17) is 5.73 Å². The number of thiazole rings is 1. The molecular formula is C17H22FN3OS. The van der Waals surface area contributed by atoms with Gasteiger partial charge in [0.1, 0.15) is 5.82 Å². The summed E-state index contributed by atoms with van der Waals surface area (Å²) in [5.41, 5.74) is 7.41. The number of carbonyl (C=O) groups excluding carboxylic acids is 1. The molecule has 1 heterocycles. The van der Waals surface area contributed by atoms with Crippen molar-refractivity contribution >= 4 is 22.4 Å². The SMILES string of the molecule is CCC(C)C(N)C(=O)Nc1ncc(Cc2ccc(C)c(F)c2)s1. The molecule has 6 heteroatoms. The maximum Gasteiger partial charge on any atom is 0.243 e. The van der Waals surface area contributed by atoms with Crippen LogP contribution in [0, 0.1) is 18.7 Å². The number of nitrogens with two attached hydrogens (primary N) is 1. The first-order valence-corrected chi connectivity index (χ1v) is 8.48. The van der Waals surface area contributed by atoms with Crippen molar-refractivity contribution in [3.8, 4) is 0 Å². The lowest BCUT2D eigenvalue weighted by Gasteiger charge is -2.16. The summed E-state index contributed by atoms with van der Waals surface area (Å²) in [6.07, 6.45) is 3.13. The van der Waals surface area contributed by atoms with E-state index in [1.54, 1.807) is 19.2 Å². The Morgan fingerprint density at radius 3 is 2.87 bits per heavy atom. The molecule has 1 aromatic carbocycles. The number of amides is 1. The number of carbonyl (C=O) groups is 1. The summed E-state index contributed by atoms with van der Waals surface area (Å²) in [4.78, 5) is 17.2. The van der Waals surface area contributed by atoms with Crippen molar-refractivity contribution in [1.82, 2.24) is 4.98 Å². The number of halogens is 1. The highest BCUT2D eigenvalue weighted by Gasteiger charge is 2.20. The maximum absolute atomic E-state index is 13.6. The summed E-state index contributed by atoms with van der Waals surface area (Å²) in [5, 5.41) is 3.28. The van der Waals surface area contributed by atoms with E-state index in [9.17, 15) is 9.18 Å². The van der Waals surface area contributed by atoms with E-state index in [2.05, 4.69) is 10.3 Å². The van der Waals surface area contributed by atoms with Gasteiger partial charge in [-0.3, -0.25) is 4.79 Å². The Morgan fingerprint density at radius 1 is 1.48 bits per heavy atom. The quantitative estimate of drug-likeness (QED) is 0.849. The largest absolute Gasteiger partial charge is 0.320 e. The molecule has 1 aromatic heterocycles. The van der Waals surface area contributed by atoms with Crippen LogP contribution in [-0.4, -0.2) is 16.9 Å². The lowest BCUT2D eigenvalue weighted by atomic mass is 10.00.